The first-order valence-corrected chi connectivity index (χ1v) is 8.03. The first-order valence-electron chi connectivity index (χ1n) is 8.03. The van der Waals surface area contributed by atoms with Crippen LogP contribution in [0.3, 0.4) is 0 Å². The standard InChI is InChI=1S/C15H29N3O/c1-2-17-15(19)14-11-16-9-10-18(14)12-13-7-5-3-4-6-8-13/h13-14,16H,2-12H2,1H3,(H,17,19). The maximum absolute atomic E-state index is 12.1. The Bertz CT molecular complexity index is 275. The van der Waals surface area contributed by atoms with Crippen molar-refractivity contribution in [1.82, 2.24) is 15.5 Å². The molecule has 1 unspecified atom stereocenters. The number of nitrogens with one attached hydrogen (secondary N) is 2. The van der Waals surface area contributed by atoms with E-state index in [1.807, 2.05) is 6.92 Å². The Morgan fingerprint density at radius 3 is 2.68 bits per heavy atom. The van der Waals surface area contributed by atoms with Gasteiger partial charge in [0, 0.05) is 32.7 Å². The van der Waals surface area contributed by atoms with E-state index in [0.29, 0.717) is 0 Å². The number of hydrogen-bond donors (Lipinski definition) is 2. The van der Waals surface area contributed by atoms with Crippen LogP contribution in [0, 0.1) is 5.92 Å². The number of amides is 1. The summed E-state index contributed by atoms with van der Waals surface area (Å²) in [5.74, 6) is 1.00. The van der Waals surface area contributed by atoms with Crippen molar-refractivity contribution in [1.29, 1.82) is 0 Å². The van der Waals surface area contributed by atoms with Crippen LogP contribution in [0.25, 0.3) is 0 Å². The van der Waals surface area contributed by atoms with Crippen molar-refractivity contribution in [3.63, 3.8) is 0 Å². The van der Waals surface area contributed by atoms with E-state index in [2.05, 4.69) is 15.5 Å². The third-order valence-electron chi connectivity index (χ3n) is 4.48. The monoisotopic (exact) mass is 267 g/mol. The van der Waals surface area contributed by atoms with E-state index in [4.69, 9.17) is 0 Å². The molecule has 1 saturated carbocycles. The van der Waals surface area contributed by atoms with Gasteiger partial charge in [0.15, 0.2) is 0 Å². The highest BCUT2D eigenvalue weighted by Gasteiger charge is 2.29. The fourth-order valence-electron chi connectivity index (χ4n) is 3.39. The molecule has 4 heteroatoms. The Morgan fingerprint density at radius 1 is 1.26 bits per heavy atom. The predicted octanol–water partition coefficient (Wildman–Crippen LogP) is 1.37. The molecule has 0 aromatic rings. The third kappa shape index (κ3) is 4.46. The minimum Gasteiger partial charge on any atom is -0.355 e. The van der Waals surface area contributed by atoms with Gasteiger partial charge in [0.05, 0.1) is 0 Å². The minimum atomic E-state index is 0.0388. The molecule has 0 aromatic carbocycles. The molecule has 110 valence electrons. The van der Waals surface area contributed by atoms with Crippen molar-refractivity contribution in [2.24, 2.45) is 5.92 Å². The topological polar surface area (TPSA) is 44.4 Å². The molecule has 0 radical (unpaired) electrons. The second-order valence-electron chi connectivity index (χ2n) is 5.97. The van der Waals surface area contributed by atoms with Gasteiger partial charge in [-0.3, -0.25) is 9.69 Å². The van der Waals surface area contributed by atoms with Crippen LogP contribution >= 0.6 is 0 Å². The molecule has 4 nitrogen and oxygen atoms in total. The summed E-state index contributed by atoms with van der Waals surface area (Å²) in [5, 5.41) is 6.33. The van der Waals surface area contributed by atoms with Crippen molar-refractivity contribution < 1.29 is 4.79 Å². The maximum atomic E-state index is 12.1. The average molecular weight is 267 g/mol. The quantitative estimate of drug-likeness (QED) is 0.756. The van der Waals surface area contributed by atoms with E-state index in [0.717, 1.165) is 38.6 Å². The van der Waals surface area contributed by atoms with Gasteiger partial charge in [-0.25, -0.2) is 0 Å². The average Bonchev–Trinajstić information content (AvgIpc) is 2.68. The molecular weight excluding hydrogens is 238 g/mol. The second-order valence-corrected chi connectivity index (χ2v) is 5.97. The molecule has 0 aromatic heterocycles. The number of likely N-dealkylation sites (N-methyl/N-ethyl adjacent to an activating group) is 1. The van der Waals surface area contributed by atoms with Crippen LogP contribution in [-0.4, -0.2) is 49.6 Å². The lowest BCUT2D eigenvalue weighted by molar-refractivity contribution is -0.127. The van der Waals surface area contributed by atoms with Gasteiger partial charge in [-0.2, -0.15) is 0 Å². The molecule has 1 atom stereocenters. The number of hydrogen-bond acceptors (Lipinski definition) is 3. The van der Waals surface area contributed by atoms with Crippen molar-refractivity contribution in [3.05, 3.63) is 0 Å². The Kier molecular flexibility index (Phi) is 6.11. The second kappa shape index (κ2) is 7.85. The lowest BCUT2D eigenvalue weighted by atomic mass is 9.98. The summed E-state index contributed by atoms with van der Waals surface area (Å²) < 4.78 is 0. The van der Waals surface area contributed by atoms with E-state index in [-0.39, 0.29) is 11.9 Å². The Hall–Kier alpha value is -0.610. The van der Waals surface area contributed by atoms with Gasteiger partial charge in [-0.15, -0.1) is 0 Å². The Balaban J connectivity index is 1.89. The fraction of sp³-hybridized carbons (Fsp3) is 0.933. The van der Waals surface area contributed by atoms with Gasteiger partial charge in [0.25, 0.3) is 0 Å². The summed E-state index contributed by atoms with van der Waals surface area (Å²) in [4.78, 5) is 14.5. The summed E-state index contributed by atoms with van der Waals surface area (Å²) in [5.41, 5.74) is 0. The Morgan fingerprint density at radius 2 is 2.00 bits per heavy atom. The molecule has 1 aliphatic carbocycles. The summed E-state index contributed by atoms with van der Waals surface area (Å²) in [6, 6.07) is 0.0388. The molecule has 0 bridgehead atoms. The number of rotatable bonds is 4. The molecule has 2 N–H and O–H groups in total. The van der Waals surface area contributed by atoms with Crippen molar-refractivity contribution in [2.45, 2.75) is 51.5 Å². The first-order chi connectivity index (χ1) is 9.31. The number of piperazine rings is 1. The molecule has 19 heavy (non-hydrogen) atoms. The van der Waals surface area contributed by atoms with E-state index in [9.17, 15) is 4.79 Å². The Labute approximate surface area is 117 Å². The summed E-state index contributed by atoms with van der Waals surface area (Å²) in [7, 11) is 0. The van der Waals surface area contributed by atoms with Crippen LogP contribution in [0.5, 0.6) is 0 Å². The lowest BCUT2D eigenvalue weighted by Crippen LogP contribution is -2.58. The molecule has 2 fully saturated rings. The summed E-state index contributed by atoms with van der Waals surface area (Å²) >= 11 is 0. The zero-order valence-corrected chi connectivity index (χ0v) is 12.3. The van der Waals surface area contributed by atoms with E-state index in [1.54, 1.807) is 0 Å². The van der Waals surface area contributed by atoms with Crippen molar-refractivity contribution in [3.8, 4) is 0 Å². The van der Waals surface area contributed by atoms with Crippen molar-refractivity contribution in [2.75, 3.05) is 32.7 Å². The normalized spacial score (nSPS) is 26.9. The minimum absolute atomic E-state index is 0.0388. The molecular formula is C15H29N3O. The van der Waals surface area contributed by atoms with Crippen LogP contribution in [0.2, 0.25) is 0 Å². The number of nitrogens with zero attached hydrogens (tertiary/aromatic N) is 1. The largest absolute Gasteiger partial charge is 0.355 e. The van der Waals surface area contributed by atoms with Gasteiger partial charge in [0.1, 0.15) is 6.04 Å². The highest BCUT2D eigenvalue weighted by Crippen LogP contribution is 2.24. The molecule has 1 amide bonds. The van der Waals surface area contributed by atoms with Crippen LogP contribution < -0.4 is 10.6 Å². The van der Waals surface area contributed by atoms with E-state index in [1.165, 1.54) is 38.5 Å². The molecule has 0 spiro atoms. The molecule has 1 heterocycles. The molecule has 2 rings (SSSR count). The van der Waals surface area contributed by atoms with Gasteiger partial charge in [0.2, 0.25) is 5.91 Å². The number of carbonyl (C=O) groups excluding carboxylic acids is 1. The molecule has 1 aliphatic heterocycles. The van der Waals surface area contributed by atoms with Crippen LogP contribution in [-0.2, 0) is 4.79 Å². The lowest BCUT2D eigenvalue weighted by Gasteiger charge is -2.37. The summed E-state index contributed by atoms with van der Waals surface area (Å²) in [6.07, 6.45) is 8.26. The van der Waals surface area contributed by atoms with E-state index < -0.39 is 0 Å². The highest BCUT2D eigenvalue weighted by molar-refractivity contribution is 5.82. The van der Waals surface area contributed by atoms with Gasteiger partial charge in [-0.1, -0.05) is 25.7 Å². The molecule has 2 aliphatic rings. The van der Waals surface area contributed by atoms with Crippen LogP contribution in [0.1, 0.15) is 45.4 Å². The maximum Gasteiger partial charge on any atom is 0.238 e. The van der Waals surface area contributed by atoms with Gasteiger partial charge < -0.3 is 10.6 Å². The zero-order chi connectivity index (χ0) is 13.5. The zero-order valence-electron chi connectivity index (χ0n) is 12.3. The predicted molar refractivity (Wildman–Crippen MR) is 78.1 cm³/mol. The van der Waals surface area contributed by atoms with Crippen LogP contribution in [0.4, 0.5) is 0 Å². The fourth-order valence-corrected chi connectivity index (χ4v) is 3.39. The third-order valence-corrected chi connectivity index (χ3v) is 4.48. The molecule has 1 saturated heterocycles. The van der Waals surface area contributed by atoms with Gasteiger partial charge in [-0.05, 0) is 25.7 Å². The summed E-state index contributed by atoms with van der Waals surface area (Å²) in [6.45, 7) is 6.67. The van der Waals surface area contributed by atoms with Gasteiger partial charge >= 0.3 is 0 Å². The SMILES string of the molecule is CCNC(=O)C1CNCCN1CC1CCCCCC1. The number of carbonyl (C=O) groups is 1. The van der Waals surface area contributed by atoms with E-state index >= 15 is 0 Å². The highest BCUT2D eigenvalue weighted by atomic mass is 16.2. The first kappa shape index (κ1) is 14.8. The smallest absolute Gasteiger partial charge is 0.238 e. The van der Waals surface area contributed by atoms with Crippen LogP contribution in [0.15, 0.2) is 0 Å². The van der Waals surface area contributed by atoms with Crippen molar-refractivity contribution >= 4 is 5.91 Å².